The van der Waals surface area contributed by atoms with Gasteiger partial charge in [0.15, 0.2) is 0 Å². The first kappa shape index (κ1) is 20.6. The molecule has 2 heterocycles. The highest BCUT2D eigenvalue weighted by Gasteiger charge is 2.23. The average molecular weight is 464 g/mol. The molecule has 1 aliphatic rings. The summed E-state index contributed by atoms with van der Waals surface area (Å²) >= 11 is 12.0. The number of pyridine rings is 1. The van der Waals surface area contributed by atoms with Gasteiger partial charge < -0.3 is 15.0 Å². The molecule has 0 radical (unpaired) electrons. The molecule has 0 saturated carbocycles. The number of ether oxygens (including phenoxy) is 1. The molecular weight excluding hydrogens is 445 g/mol. The van der Waals surface area contributed by atoms with Crippen molar-refractivity contribution < 1.29 is 9.53 Å². The molecule has 3 aromatic carbocycles. The van der Waals surface area contributed by atoms with Crippen molar-refractivity contribution in [2.24, 2.45) is 0 Å². The van der Waals surface area contributed by atoms with Gasteiger partial charge in [-0.2, -0.15) is 0 Å². The standard InChI is InChI=1S/C25H19Cl2N3O2/c1-32-20-8-4-16-12-17-10-11-30(24(17)29-23(16)14-20)19-6-2-15(3-7-19)25(31)28-18-5-9-21(26)22(27)13-18/h2-9,12-14H,10-11H2,1H3,(H,28,31). The zero-order valence-corrected chi connectivity index (χ0v) is 18.7. The molecule has 160 valence electrons. The van der Waals surface area contributed by atoms with E-state index in [0.29, 0.717) is 21.3 Å². The number of hydrogen-bond acceptors (Lipinski definition) is 4. The molecule has 1 amide bonds. The van der Waals surface area contributed by atoms with Crippen LogP contribution in [0.25, 0.3) is 10.9 Å². The highest BCUT2D eigenvalue weighted by atomic mass is 35.5. The van der Waals surface area contributed by atoms with Crippen LogP contribution in [-0.4, -0.2) is 24.5 Å². The van der Waals surface area contributed by atoms with E-state index in [1.165, 1.54) is 5.56 Å². The van der Waals surface area contributed by atoms with E-state index in [2.05, 4.69) is 16.3 Å². The van der Waals surface area contributed by atoms with E-state index in [9.17, 15) is 4.79 Å². The number of amides is 1. The number of benzene rings is 3. The lowest BCUT2D eigenvalue weighted by Crippen LogP contribution is -2.15. The highest BCUT2D eigenvalue weighted by molar-refractivity contribution is 6.42. The van der Waals surface area contributed by atoms with E-state index in [0.717, 1.165) is 41.1 Å². The number of halogens is 2. The molecule has 7 heteroatoms. The monoisotopic (exact) mass is 463 g/mol. The summed E-state index contributed by atoms with van der Waals surface area (Å²) in [6, 6.07) is 20.6. The summed E-state index contributed by atoms with van der Waals surface area (Å²) in [6.45, 7) is 0.838. The van der Waals surface area contributed by atoms with Crippen molar-refractivity contribution in [3.8, 4) is 5.75 Å². The summed E-state index contributed by atoms with van der Waals surface area (Å²) in [6.07, 6.45) is 0.921. The third kappa shape index (κ3) is 3.85. The van der Waals surface area contributed by atoms with Gasteiger partial charge in [0.2, 0.25) is 0 Å². The molecule has 0 spiro atoms. The lowest BCUT2D eigenvalue weighted by Gasteiger charge is -2.19. The van der Waals surface area contributed by atoms with Gasteiger partial charge in [0.1, 0.15) is 11.6 Å². The van der Waals surface area contributed by atoms with Gasteiger partial charge in [0.25, 0.3) is 5.91 Å². The number of nitrogens with zero attached hydrogens (tertiary/aromatic N) is 2. The summed E-state index contributed by atoms with van der Waals surface area (Å²) in [5.74, 6) is 1.51. The minimum absolute atomic E-state index is 0.215. The minimum Gasteiger partial charge on any atom is -0.497 e. The fraction of sp³-hybridized carbons (Fsp3) is 0.120. The SMILES string of the molecule is COc1ccc2cc3c(nc2c1)N(c1ccc(C(=O)Nc2ccc(Cl)c(Cl)c2)cc1)CC3. The topological polar surface area (TPSA) is 54.5 Å². The molecule has 32 heavy (non-hydrogen) atoms. The molecule has 0 atom stereocenters. The molecule has 1 N–H and O–H groups in total. The van der Waals surface area contributed by atoms with Crippen molar-refractivity contribution in [1.82, 2.24) is 4.98 Å². The van der Waals surface area contributed by atoms with Crippen LogP contribution in [0, 0.1) is 0 Å². The second kappa shape index (κ2) is 8.34. The smallest absolute Gasteiger partial charge is 0.255 e. The summed E-state index contributed by atoms with van der Waals surface area (Å²) in [5, 5.41) is 4.78. The van der Waals surface area contributed by atoms with Crippen molar-refractivity contribution in [3.05, 3.63) is 87.9 Å². The largest absolute Gasteiger partial charge is 0.497 e. The Hall–Kier alpha value is -3.28. The van der Waals surface area contributed by atoms with E-state index in [1.54, 1.807) is 25.3 Å². The van der Waals surface area contributed by atoms with E-state index in [4.69, 9.17) is 32.9 Å². The first-order chi connectivity index (χ1) is 15.5. The fourth-order valence-corrected chi connectivity index (χ4v) is 4.18. The normalized spacial score (nSPS) is 12.7. The van der Waals surface area contributed by atoms with Crippen LogP contribution < -0.4 is 15.0 Å². The zero-order valence-electron chi connectivity index (χ0n) is 17.2. The van der Waals surface area contributed by atoms with Crippen LogP contribution in [0.3, 0.4) is 0 Å². The molecular formula is C25H19Cl2N3O2. The first-order valence-corrected chi connectivity index (χ1v) is 10.9. The second-order valence-corrected chi connectivity index (χ2v) is 8.38. The van der Waals surface area contributed by atoms with Gasteiger partial charge in [-0.1, -0.05) is 23.2 Å². The Morgan fingerprint density at radius 3 is 2.56 bits per heavy atom. The van der Waals surface area contributed by atoms with E-state index < -0.39 is 0 Å². The van der Waals surface area contributed by atoms with Crippen molar-refractivity contribution in [1.29, 1.82) is 0 Å². The molecule has 0 fully saturated rings. The van der Waals surface area contributed by atoms with Crippen LogP contribution in [0.4, 0.5) is 17.2 Å². The summed E-state index contributed by atoms with van der Waals surface area (Å²) in [4.78, 5) is 19.7. The van der Waals surface area contributed by atoms with Gasteiger partial charge in [0.05, 0.1) is 22.7 Å². The first-order valence-electron chi connectivity index (χ1n) is 10.1. The predicted molar refractivity (Wildman–Crippen MR) is 130 cm³/mol. The summed E-state index contributed by atoms with van der Waals surface area (Å²) in [5.41, 5.74) is 4.24. The lowest BCUT2D eigenvalue weighted by atomic mass is 10.1. The van der Waals surface area contributed by atoms with Crippen molar-refractivity contribution >= 4 is 57.2 Å². The fourth-order valence-electron chi connectivity index (χ4n) is 3.88. The van der Waals surface area contributed by atoms with Crippen molar-refractivity contribution in [2.75, 3.05) is 23.9 Å². The molecule has 0 saturated heterocycles. The number of rotatable bonds is 4. The number of hydrogen-bond donors (Lipinski definition) is 1. The van der Waals surface area contributed by atoms with Crippen LogP contribution in [0.15, 0.2) is 66.7 Å². The van der Waals surface area contributed by atoms with E-state index in [1.807, 2.05) is 42.5 Å². The Bertz CT molecular complexity index is 1340. The molecule has 4 aromatic rings. The number of carbonyl (C=O) groups excluding carboxylic acids is 1. The van der Waals surface area contributed by atoms with Gasteiger partial charge in [0, 0.05) is 34.9 Å². The molecule has 5 nitrogen and oxygen atoms in total. The molecule has 5 rings (SSSR count). The van der Waals surface area contributed by atoms with Crippen LogP contribution in [0.2, 0.25) is 10.0 Å². The predicted octanol–water partition coefficient (Wildman–Crippen LogP) is 6.50. The molecule has 0 aliphatic carbocycles. The second-order valence-electron chi connectivity index (χ2n) is 7.56. The Kier molecular flexibility index (Phi) is 5.37. The number of aromatic nitrogens is 1. The highest BCUT2D eigenvalue weighted by Crippen LogP contribution is 2.35. The van der Waals surface area contributed by atoms with Gasteiger partial charge in [-0.15, -0.1) is 0 Å². The van der Waals surface area contributed by atoms with Crippen molar-refractivity contribution in [2.45, 2.75) is 6.42 Å². The third-order valence-corrected chi connectivity index (χ3v) is 6.30. The van der Waals surface area contributed by atoms with Gasteiger partial charge in [-0.3, -0.25) is 4.79 Å². The Morgan fingerprint density at radius 2 is 1.81 bits per heavy atom. The Balaban J connectivity index is 1.38. The van der Waals surface area contributed by atoms with Crippen LogP contribution >= 0.6 is 23.2 Å². The third-order valence-electron chi connectivity index (χ3n) is 5.56. The van der Waals surface area contributed by atoms with Gasteiger partial charge in [-0.25, -0.2) is 4.98 Å². The maximum Gasteiger partial charge on any atom is 0.255 e. The number of methoxy groups -OCH3 is 1. The quantitative estimate of drug-likeness (QED) is 0.375. The average Bonchev–Trinajstić information content (AvgIpc) is 3.22. The van der Waals surface area contributed by atoms with Gasteiger partial charge in [-0.05, 0) is 72.6 Å². The van der Waals surface area contributed by atoms with Crippen LogP contribution in [-0.2, 0) is 6.42 Å². The lowest BCUT2D eigenvalue weighted by molar-refractivity contribution is 0.102. The molecule has 1 aromatic heterocycles. The number of carbonyl (C=O) groups is 1. The number of anilines is 3. The summed E-state index contributed by atoms with van der Waals surface area (Å²) in [7, 11) is 1.65. The van der Waals surface area contributed by atoms with E-state index >= 15 is 0 Å². The molecule has 1 aliphatic heterocycles. The van der Waals surface area contributed by atoms with Gasteiger partial charge >= 0.3 is 0 Å². The number of fused-ring (bicyclic) bond motifs is 2. The Morgan fingerprint density at radius 1 is 1.00 bits per heavy atom. The maximum absolute atomic E-state index is 12.6. The maximum atomic E-state index is 12.6. The minimum atomic E-state index is -0.215. The van der Waals surface area contributed by atoms with Crippen LogP contribution in [0.5, 0.6) is 5.75 Å². The zero-order chi connectivity index (χ0) is 22.2. The molecule has 0 bridgehead atoms. The Labute approximate surface area is 195 Å². The molecule has 0 unspecified atom stereocenters. The van der Waals surface area contributed by atoms with Crippen molar-refractivity contribution in [3.63, 3.8) is 0 Å². The van der Waals surface area contributed by atoms with Crippen LogP contribution in [0.1, 0.15) is 15.9 Å². The van der Waals surface area contributed by atoms with E-state index in [-0.39, 0.29) is 5.91 Å². The summed E-state index contributed by atoms with van der Waals surface area (Å²) < 4.78 is 5.34. The number of nitrogens with one attached hydrogen (secondary N) is 1.